The molecule has 104 valence electrons. The van der Waals surface area contributed by atoms with Gasteiger partial charge in [0.1, 0.15) is 5.69 Å². The van der Waals surface area contributed by atoms with Crippen LogP contribution in [0.2, 0.25) is 0 Å². The number of nitrogens with zero attached hydrogens (tertiary/aromatic N) is 1. The number of thioether (sulfide) groups is 1. The highest BCUT2D eigenvalue weighted by Crippen LogP contribution is 2.37. The molecular weight excluding hydrogens is 336 g/mol. The molecule has 1 aromatic heterocycles. The Kier molecular flexibility index (Phi) is 3.89. The van der Waals surface area contributed by atoms with E-state index in [0.717, 1.165) is 23.0 Å². The Labute approximate surface area is 130 Å². The number of carbonyl (C=O) groups excluding carboxylic acids is 1. The highest BCUT2D eigenvalue weighted by atomic mass is 79.9. The Morgan fingerprint density at radius 1 is 1.35 bits per heavy atom. The van der Waals surface area contributed by atoms with Crippen molar-refractivity contribution >= 4 is 39.3 Å². The van der Waals surface area contributed by atoms with Gasteiger partial charge in [0.25, 0.3) is 5.91 Å². The number of hydrogen-bond acceptors (Lipinski definition) is 2. The van der Waals surface area contributed by atoms with Gasteiger partial charge in [-0.2, -0.15) is 0 Å². The average Bonchev–Trinajstić information content (AvgIpc) is 3.22. The number of nitrogens with one attached hydrogen (secondary N) is 1. The third-order valence-electron chi connectivity index (χ3n) is 3.34. The van der Waals surface area contributed by atoms with Gasteiger partial charge in [0, 0.05) is 27.3 Å². The largest absolute Gasteiger partial charge is 0.339 e. The van der Waals surface area contributed by atoms with Gasteiger partial charge in [-0.05, 0) is 65.4 Å². The van der Waals surface area contributed by atoms with Crippen LogP contribution in [0.25, 0.3) is 0 Å². The summed E-state index contributed by atoms with van der Waals surface area (Å²) < 4.78 is 3.02. The molecule has 0 radical (unpaired) electrons. The van der Waals surface area contributed by atoms with Crippen LogP contribution in [0.1, 0.15) is 29.4 Å². The van der Waals surface area contributed by atoms with E-state index in [1.807, 2.05) is 42.8 Å². The van der Waals surface area contributed by atoms with Gasteiger partial charge in [-0.1, -0.05) is 0 Å². The number of anilines is 1. The number of benzene rings is 1. The summed E-state index contributed by atoms with van der Waals surface area (Å²) in [6.07, 6.45) is 6.34. The van der Waals surface area contributed by atoms with Crippen molar-refractivity contribution in [2.75, 3.05) is 11.6 Å². The second-order valence-electron chi connectivity index (χ2n) is 4.86. The van der Waals surface area contributed by atoms with Gasteiger partial charge in [0.15, 0.2) is 0 Å². The Hall–Kier alpha value is -1.20. The highest BCUT2D eigenvalue weighted by molar-refractivity contribution is 9.10. The molecule has 0 saturated heterocycles. The molecule has 1 aliphatic carbocycles. The van der Waals surface area contributed by atoms with Crippen LogP contribution in [0.15, 0.2) is 45.9 Å². The number of rotatable bonds is 4. The summed E-state index contributed by atoms with van der Waals surface area (Å²) in [6.45, 7) is 0. The molecule has 1 N–H and O–H groups in total. The van der Waals surface area contributed by atoms with Crippen LogP contribution in [-0.4, -0.2) is 16.7 Å². The fraction of sp³-hybridized carbons (Fsp3) is 0.267. The molecule has 5 heteroatoms. The number of halogens is 1. The molecule has 1 saturated carbocycles. The first-order valence-electron chi connectivity index (χ1n) is 6.50. The molecule has 1 fully saturated rings. The van der Waals surface area contributed by atoms with Crippen molar-refractivity contribution in [3.8, 4) is 0 Å². The van der Waals surface area contributed by atoms with Gasteiger partial charge in [0.05, 0.1) is 0 Å². The van der Waals surface area contributed by atoms with Crippen LogP contribution in [-0.2, 0) is 0 Å². The molecule has 1 aromatic carbocycles. The Morgan fingerprint density at radius 2 is 2.05 bits per heavy atom. The van der Waals surface area contributed by atoms with E-state index in [1.165, 1.54) is 4.90 Å². The van der Waals surface area contributed by atoms with Crippen molar-refractivity contribution in [1.29, 1.82) is 0 Å². The first kappa shape index (κ1) is 13.8. The fourth-order valence-corrected chi connectivity index (χ4v) is 3.00. The standard InChI is InChI=1S/C15H15BrN2OS/c1-20-13-6-2-11(3-7-13)17-15(19)14-8-10(16)9-18(14)12-4-5-12/h2-3,6-9,12H,4-5H2,1H3,(H,17,19). The summed E-state index contributed by atoms with van der Waals surface area (Å²) in [5.74, 6) is -0.0560. The lowest BCUT2D eigenvalue weighted by molar-refractivity contribution is 0.101. The molecule has 0 atom stereocenters. The van der Waals surface area contributed by atoms with Crippen molar-refractivity contribution < 1.29 is 4.79 Å². The molecule has 1 aliphatic rings. The van der Waals surface area contributed by atoms with Crippen LogP contribution in [0, 0.1) is 0 Å². The smallest absolute Gasteiger partial charge is 0.272 e. The monoisotopic (exact) mass is 350 g/mol. The van der Waals surface area contributed by atoms with Crippen molar-refractivity contribution in [1.82, 2.24) is 4.57 Å². The molecule has 0 aliphatic heterocycles. The lowest BCUT2D eigenvalue weighted by Crippen LogP contribution is -2.16. The Balaban J connectivity index is 1.78. The SMILES string of the molecule is CSc1ccc(NC(=O)c2cc(Br)cn2C2CC2)cc1. The maximum atomic E-state index is 12.4. The summed E-state index contributed by atoms with van der Waals surface area (Å²) in [5, 5.41) is 2.96. The molecular formula is C15H15BrN2OS. The summed E-state index contributed by atoms with van der Waals surface area (Å²) in [4.78, 5) is 13.6. The van der Waals surface area contributed by atoms with Gasteiger partial charge in [-0.15, -0.1) is 11.8 Å². The van der Waals surface area contributed by atoms with Crippen LogP contribution >= 0.6 is 27.7 Å². The van der Waals surface area contributed by atoms with E-state index in [2.05, 4.69) is 25.8 Å². The minimum atomic E-state index is -0.0560. The fourth-order valence-electron chi connectivity index (χ4n) is 2.15. The zero-order chi connectivity index (χ0) is 14.1. The van der Waals surface area contributed by atoms with E-state index in [1.54, 1.807) is 11.8 Å². The van der Waals surface area contributed by atoms with E-state index in [9.17, 15) is 4.79 Å². The molecule has 2 aromatic rings. The molecule has 3 rings (SSSR count). The van der Waals surface area contributed by atoms with Gasteiger partial charge in [-0.25, -0.2) is 0 Å². The number of amides is 1. The number of aromatic nitrogens is 1. The normalized spacial score (nSPS) is 14.3. The molecule has 20 heavy (non-hydrogen) atoms. The molecule has 0 unspecified atom stereocenters. The summed E-state index contributed by atoms with van der Waals surface area (Å²) in [6, 6.07) is 10.3. The van der Waals surface area contributed by atoms with E-state index in [0.29, 0.717) is 11.7 Å². The average molecular weight is 351 g/mol. The molecule has 0 bridgehead atoms. The van der Waals surface area contributed by atoms with E-state index >= 15 is 0 Å². The van der Waals surface area contributed by atoms with Crippen molar-refractivity contribution in [2.24, 2.45) is 0 Å². The summed E-state index contributed by atoms with van der Waals surface area (Å²) in [5.41, 5.74) is 1.54. The van der Waals surface area contributed by atoms with Crippen molar-refractivity contribution in [3.63, 3.8) is 0 Å². The van der Waals surface area contributed by atoms with Crippen molar-refractivity contribution in [2.45, 2.75) is 23.8 Å². The molecule has 1 heterocycles. The van der Waals surface area contributed by atoms with E-state index in [-0.39, 0.29) is 5.91 Å². The Bertz CT molecular complexity index is 632. The van der Waals surface area contributed by atoms with E-state index < -0.39 is 0 Å². The minimum absolute atomic E-state index is 0.0560. The molecule has 0 spiro atoms. The predicted molar refractivity (Wildman–Crippen MR) is 86.6 cm³/mol. The highest BCUT2D eigenvalue weighted by Gasteiger charge is 2.27. The van der Waals surface area contributed by atoms with Gasteiger partial charge in [-0.3, -0.25) is 4.79 Å². The second-order valence-corrected chi connectivity index (χ2v) is 6.66. The van der Waals surface area contributed by atoms with E-state index in [4.69, 9.17) is 0 Å². The third-order valence-corrected chi connectivity index (χ3v) is 4.51. The minimum Gasteiger partial charge on any atom is -0.339 e. The quantitative estimate of drug-likeness (QED) is 0.820. The maximum absolute atomic E-state index is 12.4. The summed E-state index contributed by atoms with van der Waals surface area (Å²) >= 11 is 5.14. The van der Waals surface area contributed by atoms with Gasteiger partial charge in [0.2, 0.25) is 0 Å². The van der Waals surface area contributed by atoms with Crippen LogP contribution < -0.4 is 5.32 Å². The molecule has 3 nitrogen and oxygen atoms in total. The zero-order valence-corrected chi connectivity index (χ0v) is 13.5. The zero-order valence-electron chi connectivity index (χ0n) is 11.1. The second kappa shape index (κ2) is 5.66. The first-order chi connectivity index (χ1) is 9.67. The van der Waals surface area contributed by atoms with Gasteiger partial charge >= 0.3 is 0 Å². The maximum Gasteiger partial charge on any atom is 0.272 e. The lowest BCUT2D eigenvalue weighted by Gasteiger charge is -2.09. The van der Waals surface area contributed by atoms with Crippen LogP contribution in [0.3, 0.4) is 0 Å². The molecule has 1 amide bonds. The van der Waals surface area contributed by atoms with Crippen LogP contribution in [0.4, 0.5) is 5.69 Å². The number of hydrogen-bond donors (Lipinski definition) is 1. The third kappa shape index (κ3) is 2.94. The van der Waals surface area contributed by atoms with Crippen LogP contribution in [0.5, 0.6) is 0 Å². The summed E-state index contributed by atoms with van der Waals surface area (Å²) in [7, 11) is 0. The number of carbonyl (C=O) groups is 1. The topological polar surface area (TPSA) is 34.0 Å². The van der Waals surface area contributed by atoms with Gasteiger partial charge < -0.3 is 9.88 Å². The Morgan fingerprint density at radius 3 is 2.65 bits per heavy atom. The van der Waals surface area contributed by atoms with Crippen molar-refractivity contribution in [3.05, 3.63) is 46.7 Å². The predicted octanol–water partition coefficient (Wildman–Crippen LogP) is 4.56. The first-order valence-corrected chi connectivity index (χ1v) is 8.52. The lowest BCUT2D eigenvalue weighted by atomic mass is 10.3.